The van der Waals surface area contributed by atoms with Crippen LogP contribution in [0.25, 0.3) is 11.3 Å². The fourth-order valence-electron chi connectivity index (χ4n) is 4.48. The number of aliphatic hydroxyl groups is 1. The smallest absolute Gasteiger partial charge is 0.240 e. The molecule has 38 heavy (non-hydrogen) atoms. The molecule has 1 aliphatic heterocycles. The first-order valence-electron chi connectivity index (χ1n) is 12.2. The van der Waals surface area contributed by atoms with Crippen molar-refractivity contribution in [2.24, 2.45) is 10.6 Å². The van der Waals surface area contributed by atoms with Crippen LogP contribution in [0.2, 0.25) is 0 Å². The van der Waals surface area contributed by atoms with Crippen molar-refractivity contribution in [3.63, 3.8) is 0 Å². The summed E-state index contributed by atoms with van der Waals surface area (Å²) in [5.41, 5.74) is 1.39. The molecular weight excluding hydrogens is 526 g/mol. The van der Waals surface area contributed by atoms with Crippen LogP contribution in [0.4, 0.5) is 5.69 Å². The fourth-order valence-corrected chi connectivity index (χ4v) is 6.58. The van der Waals surface area contributed by atoms with Crippen molar-refractivity contribution in [3.05, 3.63) is 73.2 Å². The molecule has 1 aromatic heterocycles. The van der Waals surface area contributed by atoms with Gasteiger partial charge in [-0.15, -0.1) is 6.58 Å². The molecule has 0 aliphatic carbocycles. The SMILES string of the molecule is C=CCC(C)(CO)CNc1ccc(S(=O)(=O)NC2CCc3nc(-c4ccccc4)cn3C2)cc1S(N)(=O)=O. The summed E-state index contributed by atoms with van der Waals surface area (Å²) in [5, 5.41) is 18.1. The Morgan fingerprint density at radius 1 is 1.21 bits per heavy atom. The number of primary sulfonamides is 1. The molecule has 10 nitrogen and oxygen atoms in total. The van der Waals surface area contributed by atoms with Gasteiger partial charge in [-0.25, -0.2) is 31.7 Å². The Hall–Kier alpha value is -3.03. The molecule has 3 aromatic rings. The Labute approximate surface area is 223 Å². The van der Waals surface area contributed by atoms with Crippen LogP contribution in [0.5, 0.6) is 0 Å². The van der Waals surface area contributed by atoms with Gasteiger partial charge in [0.15, 0.2) is 0 Å². The van der Waals surface area contributed by atoms with E-state index < -0.39 is 31.5 Å². The van der Waals surface area contributed by atoms with Gasteiger partial charge in [-0.3, -0.25) is 0 Å². The number of allylic oxidation sites excluding steroid dienone is 1. The first-order valence-corrected chi connectivity index (χ1v) is 15.2. The van der Waals surface area contributed by atoms with Crippen LogP contribution in [0.15, 0.2) is 77.2 Å². The predicted octanol–water partition coefficient (Wildman–Crippen LogP) is 2.48. The third kappa shape index (κ3) is 6.33. The molecule has 0 fully saturated rings. The predicted molar refractivity (Wildman–Crippen MR) is 146 cm³/mol. The van der Waals surface area contributed by atoms with E-state index in [2.05, 4.69) is 21.6 Å². The Bertz CT molecular complexity index is 1520. The summed E-state index contributed by atoms with van der Waals surface area (Å²) in [6.07, 6.45) is 5.22. The van der Waals surface area contributed by atoms with Gasteiger partial charge in [-0.05, 0) is 31.0 Å². The maximum Gasteiger partial charge on any atom is 0.240 e. The molecule has 204 valence electrons. The first kappa shape index (κ1) is 28.0. The Morgan fingerprint density at radius 2 is 1.95 bits per heavy atom. The van der Waals surface area contributed by atoms with E-state index in [-0.39, 0.29) is 28.6 Å². The minimum Gasteiger partial charge on any atom is -0.396 e. The number of fused-ring (bicyclic) bond motifs is 1. The maximum absolute atomic E-state index is 13.2. The highest BCUT2D eigenvalue weighted by Crippen LogP contribution is 2.28. The summed E-state index contributed by atoms with van der Waals surface area (Å²) in [5.74, 6) is 0.887. The number of hydrogen-bond acceptors (Lipinski definition) is 7. The Kier molecular flexibility index (Phi) is 8.09. The second-order valence-electron chi connectivity index (χ2n) is 9.94. The molecule has 1 aliphatic rings. The van der Waals surface area contributed by atoms with Crippen LogP contribution in [0.3, 0.4) is 0 Å². The van der Waals surface area contributed by atoms with Gasteiger partial charge < -0.3 is 15.0 Å². The largest absolute Gasteiger partial charge is 0.396 e. The van der Waals surface area contributed by atoms with Crippen molar-refractivity contribution in [3.8, 4) is 11.3 Å². The highest BCUT2D eigenvalue weighted by molar-refractivity contribution is 7.90. The van der Waals surface area contributed by atoms with Crippen molar-refractivity contribution >= 4 is 25.7 Å². The first-order chi connectivity index (χ1) is 17.9. The maximum atomic E-state index is 13.2. The number of nitrogens with one attached hydrogen (secondary N) is 2. The number of aromatic nitrogens is 2. The van der Waals surface area contributed by atoms with Crippen molar-refractivity contribution in [2.45, 2.75) is 48.6 Å². The van der Waals surface area contributed by atoms with Gasteiger partial charge >= 0.3 is 0 Å². The number of anilines is 1. The molecule has 2 unspecified atom stereocenters. The van der Waals surface area contributed by atoms with E-state index in [4.69, 9.17) is 5.14 Å². The van der Waals surface area contributed by atoms with E-state index in [1.54, 1.807) is 6.08 Å². The highest BCUT2D eigenvalue weighted by Gasteiger charge is 2.28. The zero-order valence-electron chi connectivity index (χ0n) is 21.2. The molecule has 2 heterocycles. The number of sulfonamides is 2. The lowest BCUT2D eigenvalue weighted by Crippen LogP contribution is -2.40. The minimum absolute atomic E-state index is 0.153. The van der Waals surface area contributed by atoms with Crippen LogP contribution in [-0.4, -0.2) is 50.7 Å². The lowest BCUT2D eigenvalue weighted by Gasteiger charge is -2.27. The standard InChI is InChI=1S/C26H33N5O5S2/c1-3-13-26(2,18-32)17-28-22-11-10-21(14-24(22)37(27,33)34)38(35,36)30-20-9-12-25-29-23(16-31(25)15-20)19-7-5-4-6-8-19/h3-8,10-11,14,16,20,28,30,32H,1,9,12-13,15,17-18H2,2H3,(H2,27,33,34). The third-order valence-electron chi connectivity index (χ3n) is 6.68. The summed E-state index contributed by atoms with van der Waals surface area (Å²) in [6, 6.07) is 13.1. The molecular formula is C26H33N5O5S2. The molecule has 2 atom stereocenters. The average molecular weight is 560 g/mol. The lowest BCUT2D eigenvalue weighted by atomic mass is 9.87. The van der Waals surface area contributed by atoms with Gasteiger partial charge in [0.2, 0.25) is 20.0 Å². The van der Waals surface area contributed by atoms with Crippen LogP contribution in [0.1, 0.15) is 25.6 Å². The number of aryl methyl sites for hydroxylation is 1. The molecule has 0 amide bonds. The van der Waals surface area contributed by atoms with Gasteiger partial charge in [0.1, 0.15) is 10.7 Å². The van der Waals surface area contributed by atoms with Gasteiger partial charge in [0.05, 0.1) is 22.9 Å². The van der Waals surface area contributed by atoms with Gasteiger partial charge in [0, 0.05) is 42.7 Å². The number of rotatable bonds is 11. The van der Waals surface area contributed by atoms with Gasteiger partial charge in [0.25, 0.3) is 0 Å². The molecule has 5 N–H and O–H groups in total. The van der Waals surface area contributed by atoms with Crippen molar-refractivity contribution in [1.82, 2.24) is 14.3 Å². The van der Waals surface area contributed by atoms with E-state index in [1.165, 1.54) is 12.1 Å². The molecule has 0 saturated heterocycles. The van der Waals surface area contributed by atoms with Gasteiger partial charge in [-0.2, -0.15) is 0 Å². The average Bonchev–Trinajstić information content (AvgIpc) is 3.31. The van der Waals surface area contributed by atoms with Crippen LogP contribution >= 0.6 is 0 Å². The second-order valence-corrected chi connectivity index (χ2v) is 13.2. The van der Waals surface area contributed by atoms with E-state index in [1.807, 2.05) is 48.0 Å². The number of imidazole rings is 1. The highest BCUT2D eigenvalue weighted by atomic mass is 32.2. The topological polar surface area (TPSA) is 156 Å². The lowest BCUT2D eigenvalue weighted by molar-refractivity contribution is 0.156. The number of hydrogen-bond donors (Lipinski definition) is 4. The van der Waals surface area contributed by atoms with Crippen molar-refractivity contribution in [1.29, 1.82) is 0 Å². The van der Waals surface area contributed by atoms with Crippen LogP contribution in [0, 0.1) is 5.41 Å². The zero-order chi connectivity index (χ0) is 27.6. The number of aliphatic hydroxyl groups excluding tert-OH is 1. The van der Waals surface area contributed by atoms with Gasteiger partial charge in [-0.1, -0.05) is 43.3 Å². The Balaban J connectivity index is 1.53. The zero-order valence-corrected chi connectivity index (χ0v) is 22.8. The molecule has 0 saturated carbocycles. The summed E-state index contributed by atoms with van der Waals surface area (Å²) in [6.45, 7) is 5.98. The van der Waals surface area contributed by atoms with E-state index in [0.29, 0.717) is 25.8 Å². The van der Waals surface area contributed by atoms with Crippen molar-refractivity contribution in [2.75, 3.05) is 18.5 Å². The molecule has 0 bridgehead atoms. The molecule has 0 radical (unpaired) electrons. The van der Waals surface area contributed by atoms with E-state index >= 15 is 0 Å². The number of benzene rings is 2. The quantitative estimate of drug-likeness (QED) is 0.263. The van der Waals surface area contributed by atoms with Crippen LogP contribution < -0.4 is 15.2 Å². The molecule has 2 aromatic carbocycles. The second kappa shape index (κ2) is 11.0. The minimum atomic E-state index is -4.25. The molecule has 12 heteroatoms. The number of nitrogens with two attached hydrogens (primary N) is 1. The summed E-state index contributed by atoms with van der Waals surface area (Å²) < 4.78 is 55.8. The summed E-state index contributed by atoms with van der Waals surface area (Å²) >= 11 is 0. The number of nitrogens with zero attached hydrogens (tertiary/aromatic N) is 2. The van der Waals surface area contributed by atoms with Crippen molar-refractivity contribution < 1.29 is 21.9 Å². The van der Waals surface area contributed by atoms with E-state index in [0.717, 1.165) is 23.1 Å². The monoisotopic (exact) mass is 559 g/mol. The molecule has 4 rings (SSSR count). The third-order valence-corrected chi connectivity index (χ3v) is 9.15. The Morgan fingerprint density at radius 3 is 2.61 bits per heavy atom. The molecule has 0 spiro atoms. The normalized spacial score (nSPS) is 17.4. The summed E-state index contributed by atoms with van der Waals surface area (Å²) in [4.78, 5) is 4.14. The van der Waals surface area contributed by atoms with Crippen LogP contribution in [-0.2, 0) is 33.0 Å². The summed E-state index contributed by atoms with van der Waals surface area (Å²) in [7, 11) is -8.30. The van der Waals surface area contributed by atoms with E-state index in [9.17, 15) is 21.9 Å². The fraction of sp³-hybridized carbons (Fsp3) is 0.346.